The third-order valence-corrected chi connectivity index (χ3v) is 3.98. The number of rotatable bonds is 5. The van der Waals surface area contributed by atoms with Gasteiger partial charge in [0, 0.05) is 5.56 Å². The molecule has 1 aliphatic rings. The van der Waals surface area contributed by atoms with Gasteiger partial charge in [-0.05, 0) is 34.6 Å². The highest BCUT2D eigenvalue weighted by Gasteiger charge is 2.30. The fourth-order valence-electron chi connectivity index (χ4n) is 2.70. The van der Waals surface area contributed by atoms with Gasteiger partial charge in [-0.3, -0.25) is 0 Å². The van der Waals surface area contributed by atoms with Crippen LogP contribution in [0.3, 0.4) is 0 Å². The van der Waals surface area contributed by atoms with Gasteiger partial charge >= 0.3 is 18.0 Å². The van der Waals surface area contributed by atoms with Crippen molar-refractivity contribution in [3.63, 3.8) is 0 Å². The summed E-state index contributed by atoms with van der Waals surface area (Å²) in [4.78, 5) is 36.2. The Hall–Kier alpha value is -2.77. The Bertz CT molecular complexity index is 747. The molecule has 2 amide bonds. The van der Waals surface area contributed by atoms with E-state index >= 15 is 0 Å². The maximum Gasteiger partial charge on any atom is 0.342 e. The Kier molecular flexibility index (Phi) is 5.51. The van der Waals surface area contributed by atoms with E-state index in [4.69, 9.17) is 13.9 Å². The van der Waals surface area contributed by atoms with E-state index in [1.54, 1.807) is 34.6 Å². The molecule has 0 spiro atoms. The molecular formula is C17H22N2O6. The first kappa shape index (κ1) is 18.6. The minimum absolute atomic E-state index is 0.197. The average Bonchev–Trinajstić information content (AvgIpc) is 2.77. The molecule has 0 bridgehead atoms. The van der Waals surface area contributed by atoms with Crippen molar-refractivity contribution in [1.82, 2.24) is 10.6 Å². The Balaban J connectivity index is 2.22. The van der Waals surface area contributed by atoms with E-state index in [0.717, 1.165) is 0 Å². The molecule has 0 aliphatic carbocycles. The molecule has 8 nitrogen and oxygen atoms in total. The van der Waals surface area contributed by atoms with Crippen LogP contribution in [0.1, 0.15) is 41.3 Å². The van der Waals surface area contributed by atoms with Gasteiger partial charge in [0.25, 0.3) is 0 Å². The summed E-state index contributed by atoms with van der Waals surface area (Å²) in [6.45, 7) is 8.48. The van der Waals surface area contributed by atoms with Crippen LogP contribution in [0.25, 0.3) is 0 Å². The molecule has 0 fully saturated rings. The highest BCUT2D eigenvalue weighted by atomic mass is 16.5. The van der Waals surface area contributed by atoms with Gasteiger partial charge in [-0.2, -0.15) is 0 Å². The molecule has 1 aromatic heterocycles. The zero-order chi connectivity index (χ0) is 18.7. The van der Waals surface area contributed by atoms with Gasteiger partial charge in [0.1, 0.15) is 23.7 Å². The normalized spacial score (nSPS) is 17.0. The van der Waals surface area contributed by atoms with Crippen molar-refractivity contribution in [1.29, 1.82) is 0 Å². The Morgan fingerprint density at radius 2 is 1.80 bits per heavy atom. The van der Waals surface area contributed by atoms with Gasteiger partial charge in [0.15, 0.2) is 0 Å². The largest absolute Gasteiger partial charge is 0.465 e. The number of urea groups is 1. The molecule has 136 valence electrons. The highest BCUT2D eigenvalue weighted by Crippen LogP contribution is 2.22. The smallest absolute Gasteiger partial charge is 0.342 e. The summed E-state index contributed by atoms with van der Waals surface area (Å²) in [5.41, 5.74) is 1.48. The summed E-state index contributed by atoms with van der Waals surface area (Å²) in [6, 6.07) is -1.03. The number of amides is 2. The van der Waals surface area contributed by atoms with Gasteiger partial charge in [0.05, 0.1) is 23.9 Å². The maximum atomic E-state index is 12.4. The Morgan fingerprint density at radius 3 is 2.36 bits per heavy atom. The van der Waals surface area contributed by atoms with Crippen molar-refractivity contribution in [2.75, 3.05) is 13.2 Å². The summed E-state index contributed by atoms with van der Waals surface area (Å²) >= 11 is 0. The van der Waals surface area contributed by atoms with Gasteiger partial charge in [-0.25, -0.2) is 14.4 Å². The molecule has 0 unspecified atom stereocenters. The molecule has 2 N–H and O–H groups in total. The zero-order valence-electron chi connectivity index (χ0n) is 14.9. The van der Waals surface area contributed by atoms with Crippen LogP contribution in [0.2, 0.25) is 0 Å². The summed E-state index contributed by atoms with van der Waals surface area (Å²) in [6.07, 6.45) is 0. The van der Waals surface area contributed by atoms with Gasteiger partial charge in [-0.15, -0.1) is 0 Å². The van der Waals surface area contributed by atoms with Crippen molar-refractivity contribution in [2.45, 2.75) is 40.7 Å². The lowest BCUT2D eigenvalue weighted by Gasteiger charge is -2.26. The minimum atomic E-state index is -0.581. The van der Waals surface area contributed by atoms with E-state index in [9.17, 15) is 14.4 Å². The first-order valence-corrected chi connectivity index (χ1v) is 7.97. The van der Waals surface area contributed by atoms with Crippen molar-refractivity contribution in [3.05, 3.63) is 33.9 Å². The molecule has 1 aliphatic heterocycles. The first-order chi connectivity index (χ1) is 11.8. The fraction of sp³-hybridized carbons (Fsp3) is 0.471. The first-order valence-electron chi connectivity index (χ1n) is 7.97. The number of furan rings is 1. The summed E-state index contributed by atoms with van der Waals surface area (Å²) < 4.78 is 15.7. The number of aryl methyl sites for hydroxylation is 2. The van der Waals surface area contributed by atoms with E-state index in [0.29, 0.717) is 22.6 Å². The van der Waals surface area contributed by atoms with Crippen molar-refractivity contribution < 1.29 is 28.3 Å². The molecule has 2 rings (SSSR count). The minimum Gasteiger partial charge on any atom is -0.465 e. The van der Waals surface area contributed by atoms with Crippen LogP contribution in [0.15, 0.2) is 15.7 Å². The standard InChI is InChI=1S/C17H22N2O6/c1-6-23-16(21)14-9(3)18-17(22)19-12(14)7-24-15(20)13-8(2)10(4)25-11(13)5/h9H,6-7H2,1-5H3,(H2,18,19,22)/t9-/m1/s1. The van der Waals surface area contributed by atoms with E-state index in [2.05, 4.69) is 10.6 Å². The number of hydrogen-bond donors (Lipinski definition) is 2. The number of ether oxygens (including phenoxy) is 2. The Labute approximate surface area is 145 Å². The predicted molar refractivity (Wildman–Crippen MR) is 88.0 cm³/mol. The van der Waals surface area contributed by atoms with Gasteiger partial charge in [-0.1, -0.05) is 0 Å². The van der Waals surface area contributed by atoms with E-state index in [-0.39, 0.29) is 24.5 Å². The number of nitrogens with one attached hydrogen (secondary N) is 2. The third-order valence-electron chi connectivity index (χ3n) is 3.98. The lowest BCUT2D eigenvalue weighted by Crippen LogP contribution is -2.50. The maximum absolute atomic E-state index is 12.4. The average molecular weight is 350 g/mol. The third kappa shape index (κ3) is 3.84. The molecule has 0 saturated carbocycles. The lowest BCUT2D eigenvalue weighted by molar-refractivity contribution is -0.139. The Morgan fingerprint density at radius 1 is 1.12 bits per heavy atom. The van der Waals surface area contributed by atoms with Gasteiger partial charge < -0.3 is 24.5 Å². The van der Waals surface area contributed by atoms with Gasteiger partial charge in [0.2, 0.25) is 0 Å². The molecule has 0 saturated heterocycles. The van der Waals surface area contributed by atoms with Crippen LogP contribution in [-0.2, 0) is 14.3 Å². The molecule has 2 heterocycles. The quantitative estimate of drug-likeness (QED) is 0.785. The van der Waals surface area contributed by atoms with Crippen molar-refractivity contribution >= 4 is 18.0 Å². The number of esters is 2. The molecule has 1 aromatic rings. The topological polar surface area (TPSA) is 107 Å². The summed E-state index contributed by atoms with van der Waals surface area (Å²) in [7, 11) is 0. The molecule has 25 heavy (non-hydrogen) atoms. The second-order valence-corrected chi connectivity index (χ2v) is 5.72. The molecule has 1 atom stereocenters. The van der Waals surface area contributed by atoms with E-state index in [1.807, 2.05) is 0 Å². The highest BCUT2D eigenvalue weighted by molar-refractivity contribution is 5.95. The summed E-state index contributed by atoms with van der Waals surface area (Å²) in [5, 5.41) is 5.08. The van der Waals surface area contributed by atoms with Crippen molar-refractivity contribution in [2.24, 2.45) is 0 Å². The van der Waals surface area contributed by atoms with Crippen LogP contribution in [0, 0.1) is 20.8 Å². The van der Waals surface area contributed by atoms with Crippen LogP contribution in [0.4, 0.5) is 4.79 Å². The number of carbonyl (C=O) groups excluding carboxylic acids is 3. The van der Waals surface area contributed by atoms with Crippen LogP contribution in [0.5, 0.6) is 0 Å². The van der Waals surface area contributed by atoms with E-state index < -0.39 is 24.0 Å². The molecule has 0 aromatic carbocycles. The molecular weight excluding hydrogens is 328 g/mol. The second kappa shape index (κ2) is 7.42. The SMILES string of the molecule is CCOC(=O)C1=C(COC(=O)c2c(C)oc(C)c2C)NC(=O)N[C@@H]1C. The molecule has 8 heteroatoms. The lowest BCUT2D eigenvalue weighted by atomic mass is 10.0. The monoisotopic (exact) mass is 350 g/mol. The fourth-order valence-corrected chi connectivity index (χ4v) is 2.70. The van der Waals surface area contributed by atoms with Crippen molar-refractivity contribution in [3.8, 4) is 0 Å². The predicted octanol–water partition coefficient (Wildman–Crippen LogP) is 1.88. The van der Waals surface area contributed by atoms with Crippen LogP contribution < -0.4 is 10.6 Å². The van der Waals surface area contributed by atoms with Crippen LogP contribution in [-0.4, -0.2) is 37.2 Å². The summed E-state index contributed by atoms with van der Waals surface area (Å²) in [5.74, 6) is -0.0509. The van der Waals surface area contributed by atoms with E-state index in [1.165, 1.54) is 0 Å². The molecule has 0 radical (unpaired) electrons. The number of carbonyl (C=O) groups is 3. The zero-order valence-corrected chi connectivity index (χ0v) is 14.9. The number of hydrogen-bond acceptors (Lipinski definition) is 6. The van der Waals surface area contributed by atoms with Crippen LogP contribution >= 0.6 is 0 Å². The second-order valence-electron chi connectivity index (χ2n) is 5.72.